The fourth-order valence-electron chi connectivity index (χ4n) is 2.12. The molecule has 0 aliphatic carbocycles. The minimum atomic E-state index is 0.447. The molecule has 16 heavy (non-hydrogen) atoms. The smallest absolute Gasteiger partial charge is 0.0480 e. The lowest BCUT2D eigenvalue weighted by Gasteiger charge is -2.18. The van der Waals surface area contributed by atoms with Crippen LogP contribution in [0.3, 0.4) is 0 Å². The Balaban J connectivity index is 2.05. The molecular formula is C15H21N. The standard InChI is InChI=1S/C15H21N/c1-15(2,3)10-6-11-16-12-9-13-7-4-5-8-14(13)16/h4-5,7-9,12H,6,10-11H2,1-3H3. The first-order valence-corrected chi connectivity index (χ1v) is 6.10. The maximum Gasteiger partial charge on any atom is 0.0480 e. The van der Waals surface area contributed by atoms with E-state index in [1.165, 1.54) is 23.7 Å². The average Bonchev–Trinajstić information content (AvgIpc) is 2.60. The van der Waals surface area contributed by atoms with E-state index in [1.807, 2.05) is 0 Å². The molecule has 1 nitrogen and oxygen atoms in total. The topological polar surface area (TPSA) is 4.93 Å². The third-order valence-electron chi connectivity index (χ3n) is 3.01. The van der Waals surface area contributed by atoms with Crippen molar-refractivity contribution in [3.63, 3.8) is 0 Å². The summed E-state index contributed by atoms with van der Waals surface area (Å²) >= 11 is 0. The summed E-state index contributed by atoms with van der Waals surface area (Å²) in [6, 6.07) is 10.8. The Bertz CT molecular complexity index is 459. The minimum Gasteiger partial charge on any atom is -0.347 e. The first-order valence-electron chi connectivity index (χ1n) is 6.10. The van der Waals surface area contributed by atoms with Gasteiger partial charge < -0.3 is 4.57 Å². The predicted molar refractivity (Wildman–Crippen MR) is 70.6 cm³/mol. The third kappa shape index (κ3) is 2.66. The molecule has 86 valence electrons. The molecule has 0 radical (unpaired) electrons. The second-order valence-electron chi connectivity index (χ2n) is 5.73. The van der Waals surface area contributed by atoms with Crippen molar-refractivity contribution in [1.82, 2.24) is 4.57 Å². The Kier molecular flexibility index (Phi) is 3.04. The van der Waals surface area contributed by atoms with Crippen molar-refractivity contribution in [1.29, 1.82) is 0 Å². The largest absolute Gasteiger partial charge is 0.347 e. The lowest BCUT2D eigenvalue weighted by atomic mass is 9.91. The molecule has 0 N–H and O–H groups in total. The number of aromatic nitrogens is 1. The molecule has 0 aliphatic rings. The van der Waals surface area contributed by atoms with Gasteiger partial charge >= 0.3 is 0 Å². The first-order chi connectivity index (χ1) is 7.56. The lowest BCUT2D eigenvalue weighted by molar-refractivity contribution is 0.355. The number of hydrogen-bond donors (Lipinski definition) is 0. The van der Waals surface area contributed by atoms with Crippen molar-refractivity contribution in [3.8, 4) is 0 Å². The summed E-state index contributed by atoms with van der Waals surface area (Å²) < 4.78 is 2.36. The van der Waals surface area contributed by atoms with Gasteiger partial charge in [0.2, 0.25) is 0 Å². The fourth-order valence-corrected chi connectivity index (χ4v) is 2.12. The molecule has 1 heterocycles. The summed E-state index contributed by atoms with van der Waals surface area (Å²) in [5, 5.41) is 1.35. The van der Waals surface area contributed by atoms with Gasteiger partial charge in [-0.2, -0.15) is 0 Å². The van der Waals surface area contributed by atoms with Crippen LogP contribution >= 0.6 is 0 Å². The molecule has 0 bridgehead atoms. The molecule has 0 amide bonds. The lowest BCUT2D eigenvalue weighted by Crippen LogP contribution is -2.06. The van der Waals surface area contributed by atoms with Crippen molar-refractivity contribution in [3.05, 3.63) is 36.5 Å². The zero-order valence-electron chi connectivity index (χ0n) is 10.5. The molecule has 0 atom stereocenters. The number of benzene rings is 1. The van der Waals surface area contributed by atoms with Crippen molar-refractivity contribution in [2.45, 2.75) is 40.2 Å². The van der Waals surface area contributed by atoms with Gasteiger partial charge in [-0.15, -0.1) is 0 Å². The molecule has 0 unspecified atom stereocenters. The molecule has 0 fully saturated rings. The van der Waals surface area contributed by atoms with Crippen molar-refractivity contribution >= 4 is 10.9 Å². The zero-order valence-corrected chi connectivity index (χ0v) is 10.5. The normalized spacial score (nSPS) is 12.2. The van der Waals surface area contributed by atoms with Gasteiger partial charge in [-0.1, -0.05) is 39.0 Å². The predicted octanol–water partition coefficient (Wildman–Crippen LogP) is 4.47. The molecule has 0 spiro atoms. The molecule has 0 saturated heterocycles. The molecule has 1 aromatic heterocycles. The number of para-hydroxylation sites is 1. The van der Waals surface area contributed by atoms with Gasteiger partial charge in [0.1, 0.15) is 0 Å². The molecule has 1 aromatic carbocycles. The SMILES string of the molecule is CC(C)(C)CCCn1ccc2ccccc21. The van der Waals surface area contributed by atoms with E-state index in [2.05, 4.69) is 61.9 Å². The van der Waals surface area contributed by atoms with E-state index in [4.69, 9.17) is 0 Å². The summed E-state index contributed by atoms with van der Waals surface area (Å²) in [7, 11) is 0. The van der Waals surface area contributed by atoms with E-state index in [0.29, 0.717) is 5.41 Å². The summed E-state index contributed by atoms with van der Waals surface area (Å²) in [6.07, 6.45) is 4.73. The monoisotopic (exact) mass is 215 g/mol. The van der Waals surface area contributed by atoms with Crippen molar-refractivity contribution < 1.29 is 0 Å². The van der Waals surface area contributed by atoms with Crippen LogP contribution < -0.4 is 0 Å². The Labute approximate surface area is 98.1 Å². The minimum absolute atomic E-state index is 0.447. The summed E-state index contributed by atoms with van der Waals surface area (Å²) in [5.41, 5.74) is 1.81. The van der Waals surface area contributed by atoms with Crippen LogP contribution in [0, 0.1) is 5.41 Å². The first kappa shape index (κ1) is 11.3. The van der Waals surface area contributed by atoms with Crippen LogP contribution in [0.25, 0.3) is 10.9 Å². The van der Waals surface area contributed by atoms with Crippen LogP contribution in [0.2, 0.25) is 0 Å². The van der Waals surface area contributed by atoms with Gasteiger partial charge in [0.15, 0.2) is 0 Å². The molecule has 2 aromatic rings. The second-order valence-corrected chi connectivity index (χ2v) is 5.73. The molecule has 1 heteroatoms. The van der Waals surface area contributed by atoms with Crippen LogP contribution in [0.1, 0.15) is 33.6 Å². The fraction of sp³-hybridized carbons (Fsp3) is 0.467. The Morgan fingerprint density at radius 1 is 1.06 bits per heavy atom. The van der Waals surface area contributed by atoms with Gasteiger partial charge in [0.25, 0.3) is 0 Å². The number of nitrogens with zero attached hydrogens (tertiary/aromatic N) is 1. The second kappa shape index (κ2) is 4.32. The van der Waals surface area contributed by atoms with E-state index in [0.717, 1.165) is 6.54 Å². The molecular weight excluding hydrogens is 194 g/mol. The maximum absolute atomic E-state index is 2.36. The number of rotatable bonds is 3. The van der Waals surface area contributed by atoms with Crippen LogP contribution in [0.4, 0.5) is 0 Å². The maximum atomic E-state index is 2.36. The highest BCUT2D eigenvalue weighted by molar-refractivity contribution is 5.79. The zero-order chi connectivity index (χ0) is 11.6. The highest BCUT2D eigenvalue weighted by atomic mass is 14.9. The summed E-state index contributed by atoms with van der Waals surface area (Å²) in [6.45, 7) is 8.05. The third-order valence-corrected chi connectivity index (χ3v) is 3.01. The summed E-state index contributed by atoms with van der Waals surface area (Å²) in [4.78, 5) is 0. The highest BCUT2D eigenvalue weighted by Crippen LogP contribution is 2.22. The number of aryl methyl sites for hydroxylation is 1. The van der Waals surface area contributed by atoms with E-state index in [-0.39, 0.29) is 0 Å². The van der Waals surface area contributed by atoms with Gasteiger partial charge in [-0.05, 0) is 35.8 Å². The van der Waals surface area contributed by atoms with Crippen molar-refractivity contribution in [2.24, 2.45) is 5.41 Å². The van der Waals surface area contributed by atoms with Crippen LogP contribution in [0.5, 0.6) is 0 Å². The Morgan fingerprint density at radius 3 is 2.56 bits per heavy atom. The Hall–Kier alpha value is -1.24. The van der Waals surface area contributed by atoms with Gasteiger partial charge in [0, 0.05) is 18.3 Å². The number of fused-ring (bicyclic) bond motifs is 1. The van der Waals surface area contributed by atoms with Crippen LogP contribution in [0.15, 0.2) is 36.5 Å². The molecule has 0 saturated carbocycles. The molecule has 2 rings (SSSR count). The van der Waals surface area contributed by atoms with Crippen LogP contribution in [-0.4, -0.2) is 4.57 Å². The number of hydrogen-bond acceptors (Lipinski definition) is 0. The average molecular weight is 215 g/mol. The van der Waals surface area contributed by atoms with Crippen LogP contribution in [-0.2, 0) is 6.54 Å². The van der Waals surface area contributed by atoms with Gasteiger partial charge in [-0.25, -0.2) is 0 Å². The van der Waals surface area contributed by atoms with E-state index in [1.54, 1.807) is 0 Å². The Morgan fingerprint density at radius 2 is 1.81 bits per heavy atom. The quantitative estimate of drug-likeness (QED) is 0.712. The highest BCUT2D eigenvalue weighted by Gasteiger charge is 2.09. The molecule has 0 aliphatic heterocycles. The summed E-state index contributed by atoms with van der Waals surface area (Å²) in [5.74, 6) is 0. The van der Waals surface area contributed by atoms with Gasteiger partial charge in [-0.3, -0.25) is 0 Å². The van der Waals surface area contributed by atoms with Crippen molar-refractivity contribution in [2.75, 3.05) is 0 Å². The van der Waals surface area contributed by atoms with Gasteiger partial charge in [0.05, 0.1) is 0 Å². The van der Waals surface area contributed by atoms with E-state index < -0.39 is 0 Å². The van der Waals surface area contributed by atoms with E-state index >= 15 is 0 Å². The van der Waals surface area contributed by atoms with E-state index in [9.17, 15) is 0 Å².